The van der Waals surface area contributed by atoms with E-state index in [0.29, 0.717) is 0 Å². The molecule has 0 saturated heterocycles. The van der Waals surface area contributed by atoms with Crippen molar-refractivity contribution in [3.8, 4) is 0 Å². The summed E-state index contributed by atoms with van der Waals surface area (Å²) in [6, 6.07) is 0. The minimum Gasteiger partial charge on any atom is -0.297 e. The molecule has 0 atom stereocenters. The Morgan fingerprint density at radius 1 is 1.83 bits per heavy atom. The molecule has 0 aromatic heterocycles. The predicted molar refractivity (Wildman–Crippen MR) is 16.7 cm³/mol. The Morgan fingerprint density at radius 2 is 2.00 bits per heavy atom. The van der Waals surface area contributed by atoms with Gasteiger partial charge in [-0.25, -0.2) is 4.39 Å². The van der Waals surface area contributed by atoms with Crippen molar-refractivity contribution < 1.29 is 58.6 Å². The van der Waals surface area contributed by atoms with Gasteiger partial charge in [0.2, 0.25) is 0 Å². The van der Waals surface area contributed by atoms with Crippen molar-refractivity contribution in [1.29, 1.82) is 0 Å². The Hall–Kier alpha value is 1.18. The largest absolute Gasteiger partial charge is 0.297 e. The summed E-state index contributed by atoms with van der Waals surface area (Å²) < 4.78 is 10.8. The zero-order valence-electron chi connectivity index (χ0n) is 3.37. The molecule has 0 spiro atoms. The van der Waals surface area contributed by atoms with Crippen LogP contribution < -0.4 is 0 Å². The van der Waals surface area contributed by atoms with Crippen molar-refractivity contribution in [3.63, 3.8) is 0 Å². The van der Waals surface area contributed by atoms with Crippen LogP contribution in [0.5, 0.6) is 0 Å². The molecule has 0 heterocycles. The molecule has 0 unspecified atom stereocenters. The van der Waals surface area contributed by atoms with Crippen LogP contribution in [0, 0.1) is 49.4 Å². The molecule has 3 heteroatoms. The maximum absolute atomic E-state index is 10.8. The Labute approximate surface area is 76.8 Å². The summed E-state index contributed by atoms with van der Waals surface area (Å²) >= 11 is 0. The van der Waals surface area contributed by atoms with Gasteiger partial charge in [-0.2, -0.15) is 0 Å². The molecule has 6 heavy (non-hydrogen) atoms. The van der Waals surface area contributed by atoms with E-state index in [1.165, 1.54) is 6.92 Å². The minimum absolute atomic E-state index is 0. The summed E-state index contributed by atoms with van der Waals surface area (Å²) in [6.45, 7) is 0.375. The number of hydrogen-bond donors (Lipinski definition) is 0. The van der Waals surface area contributed by atoms with Gasteiger partial charge in [-0.1, -0.05) is 0 Å². The van der Waals surface area contributed by atoms with Crippen LogP contribution in [-0.4, -0.2) is 12.5 Å². The molecule has 1 nitrogen and oxygen atoms in total. The number of rotatable bonds is 1. The fourth-order valence-electron chi connectivity index (χ4n) is 0. The first-order chi connectivity index (χ1) is 2.27. The molecular formula is C3H5EuFO. The smallest absolute Gasteiger partial charge is 0.160 e. The van der Waals surface area contributed by atoms with Crippen molar-refractivity contribution in [1.82, 2.24) is 0 Å². The fourth-order valence-corrected chi connectivity index (χ4v) is 0. The SMILES string of the molecule is CC(=O)CF.[Eu]. The summed E-state index contributed by atoms with van der Waals surface area (Å²) in [5, 5.41) is 0. The second-order valence-electron chi connectivity index (χ2n) is 0.836. The zero-order chi connectivity index (χ0) is 4.28. The van der Waals surface area contributed by atoms with Gasteiger partial charge in [0.1, 0.15) is 6.67 Å². The first kappa shape index (κ1) is 10.2. The van der Waals surface area contributed by atoms with Crippen molar-refractivity contribution in [3.05, 3.63) is 0 Å². The number of hydrogen-bond acceptors (Lipinski definition) is 1. The second-order valence-corrected chi connectivity index (χ2v) is 0.836. The van der Waals surface area contributed by atoms with Gasteiger partial charge in [-0.05, 0) is 6.92 Å². The van der Waals surface area contributed by atoms with Crippen LogP contribution in [0.4, 0.5) is 4.39 Å². The Morgan fingerprint density at radius 3 is 2.00 bits per heavy atom. The number of halogens is 1. The standard InChI is InChI=1S/C3H5FO.Eu/c1-3(5)2-4;/h2H2,1H3;. The average Bonchev–Trinajstić information content (AvgIpc) is 1.38. The van der Waals surface area contributed by atoms with Gasteiger partial charge in [0.15, 0.2) is 5.78 Å². The average molecular weight is 228 g/mol. The summed E-state index contributed by atoms with van der Waals surface area (Å²) in [5.74, 6) is -0.412. The third-order valence-electron chi connectivity index (χ3n) is 0.188. The molecule has 0 saturated carbocycles. The number of ketones is 1. The molecule has 0 aliphatic carbocycles. The maximum atomic E-state index is 10.8. The van der Waals surface area contributed by atoms with Crippen molar-refractivity contribution in [2.45, 2.75) is 6.92 Å². The van der Waals surface area contributed by atoms with Crippen molar-refractivity contribution >= 4 is 5.78 Å². The van der Waals surface area contributed by atoms with E-state index in [9.17, 15) is 9.18 Å². The Bertz CT molecular complexity index is 46.1. The van der Waals surface area contributed by atoms with E-state index in [1.807, 2.05) is 0 Å². The third-order valence-corrected chi connectivity index (χ3v) is 0.188. The van der Waals surface area contributed by atoms with E-state index in [4.69, 9.17) is 0 Å². The number of carbonyl (C=O) groups excluding carboxylic acids is 1. The normalized spacial score (nSPS) is 6.33. The topological polar surface area (TPSA) is 17.1 Å². The molecule has 1 radical (unpaired) electrons. The van der Waals surface area contributed by atoms with Crippen LogP contribution in [0.25, 0.3) is 0 Å². The number of Topliss-reactive ketones (excluding diaryl/α,β-unsaturated/α-hetero) is 1. The van der Waals surface area contributed by atoms with E-state index < -0.39 is 12.5 Å². The van der Waals surface area contributed by atoms with E-state index >= 15 is 0 Å². The third kappa shape index (κ3) is 8.95. The molecule has 0 aromatic rings. The summed E-state index contributed by atoms with van der Waals surface area (Å²) in [7, 11) is 0. The molecule has 0 aromatic carbocycles. The number of carbonyl (C=O) groups is 1. The van der Waals surface area contributed by atoms with Crippen molar-refractivity contribution in [2.75, 3.05) is 6.67 Å². The van der Waals surface area contributed by atoms with Gasteiger partial charge in [0.05, 0.1) is 0 Å². The van der Waals surface area contributed by atoms with E-state index in [2.05, 4.69) is 0 Å². The van der Waals surface area contributed by atoms with Gasteiger partial charge >= 0.3 is 0 Å². The van der Waals surface area contributed by atoms with Gasteiger partial charge in [-0.15, -0.1) is 0 Å². The maximum Gasteiger partial charge on any atom is 0.160 e. The van der Waals surface area contributed by atoms with Crippen molar-refractivity contribution in [2.24, 2.45) is 0 Å². The molecule has 0 aliphatic heterocycles. The Kier molecular flexibility index (Phi) is 10.5. The van der Waals surface area contributed by atoms with Crippen LogP contribution in [-0.2, 0) is 4.79 Å². The monoisotopic (exact) mass is 229 g/mol. The first-order valence-corrected chi connectivity index (χ1v) is 1.32. The molecule has 37 valence electrons. The molecule has 0 fully saturated rings. The molecule has 0 bridgehead atoms. The predicted octanol–water partition coefficient (Wildman–Crippen LogP) is 0.545. The zero-order valence-corrected chi connectivity index (χ0v) is 5.80. The minimum atomic E-state index is -0.833. The summed E-state index contributed by atoms with van der Waals surface area (Å²) in [6.07, 6.45) is 0. The molecule has 0 amide bonds. The molecule has 0 rings (SSSR count). The molecular weight excluding hydrogens is 223 g/mol. The van der Waals surface area contributed by atoms with Crippen LogP contribution in [0.1, 0.15) is 6.92 Å². The van der Waals surface area contributed by atoms with E-state index in [-0.39, 0.29) is 49.4 Å². The van der Waals surface area contributed by atoms with E-state index in [1.54, 1.807) is 0 Å². The fraction of sp³-hybridized carbons (Fsp3) is 0.667. The van der Waals surface area contributed by atoms with Gasteiger partial charge in [-0.3, -0.25) is 4.79 Å². The molecule has 0 N–H and O–H groups in total. The summed E-state index contributed by atoms with van der Waals surface area (Å²) in [4.78, 5) is 9.44. The van der Waals surface area contributed by atoms with Gasteiger partial charge in [0, 0.05) is 49.4 Å². The van der Waals surface area contributed by atoms with Gasteiger partial charge in [0.25, 0.3) is 0 Å². The number of alkyl halides is 1. The second kappa shape index (κ2) is 6.18. The summed E-state index contributed by atoms with van der Waals surface area (Å²) in [5.41, 5.74) is 0. The van der Waals surface area contributed by atoms with Gasteiger partial charge < -0.3 is 0 Å². The van der Waals surface area contributed by atoms with Crippen LogP contribution >= 0.6 is 0 Å². The van der Waals surface area contributed by atoms with Crippen LogP contribution in [0.3, 0.4) is 0 Å². The Balaban J connectivity index is 0. The van der Waals surface area contributed by atoms with E-state index in [0.717, 1.165) is 0 Å². The van der Waals surface area contributed by atoms with Crippen LogP contribution in [0.2, 0.25) is 0 Å². The first-order valence-electron chi connectivity index (χ1n) is 1.32. The molecule has 0 aliphatic rings. The van der Waals surface area contributed by atoms with Crippen LogP contribution in [0.15, 0.2) is 0 Å². The quantitative estimate of drug-likeness (QED) is 0.640.